The highest BCUT2D eigenvalue weighted by Crippen LogP contribution is 2.39. The molecule has 1 aliphatic rings. The number of hydrogen-bond donors (Lipinski definition) is 1. The maximum absolute atomic E-state index is 13.8. The predicted molar refractivity (Wildman–Crippen MR) is 128 cm³/mol. The van der Waals surface area contributed by atoms with Crippen LogP contribution in [-0.2, 0) is 0 Å². The number of nitrogens with zero attached hydrogens (tertiary/aromatic N) is 2. The zero-order valence-electron chi connectivity index (χ0n) is 18.5. The Morgan fingerprint density at radius 1 is 1.03 bits per heavy atom. The molecular formula is C26H23N3O4. The Morgan fingerprint density at radius 2 is 1.82 bits per heavy atom. The number of nitrogens with one attached hydrogen (secondary N) is 1. The number of carbonyl (C=O) groups is 1. The van der Waals surface area contributed by atoms with Crippen LogP contribution < -0.4 is 20.3 Å². The minimum atomic E-state index is -0.204. The average Bonchev–Trinajstić information content (AvgIpc) is 3.47. The molecule has 1 fully saturated rings. The highest BCUT2D eigenvalue weighted by atomic mass is 16.5. The third-order valence-corrected chi connectivity index (χ3v) is 6.79. The van der Waals surface area contributed by atoms with Crippen LogP contribution in [0.4, 0.5) is 0 Å². The van der Waals surface area contributed by atoms with Crippen LogP contribution in [0.25, 0.3) is 38.1 Å². The van der Waals surface area contributed by atoms with Gasteiger partial charge >= 0.3 is 0 Å². The van der Waals surface area contributed by atoms with Crippen molar-refractivity contribution in [2.24, 2.45) is 0 Å². The SMILES string of the molecule is COc1ccc2c(c1OC)c(=O)n1c3ccccc3c3cc(C(=O)NC4CCCC4)nc2c31. The summed E-state index contributed by atoms with van der Waals surface area (Å²) in [5.74, 6) is 0.644. The zero-order valence-corrected chi connectivity index (χ0v) is 18.5. The lowest BCUT2D eigenvalue weighted by Crippen LogP contribution is -2.33. The molecule has 7 heteroatoms. The molecule has 7 nitrogen and oxygen atoms in total. The van der Waals surface area contributed by atoms with E-state index < -0.39 is 0 Å². The van der Waals surface area contributed by atoms with Gasteiger partial charge in [-0.3, -0.25) is 14.0 Å². The van der Waals surface area contributed by atoms with Crippen LogP contribution in [0.15, 0.2) is 47.3 Å². The third-order valence-electron chi connectivity index (χ3n) is 6.79. The topological polar surface area (TPSA) is 81.9 Å². The molecule has 1 aliphatic carbocycles. The molecule has 1 amide bonds. The minimum absolute atomic E-state index is 0.184. The second-order valence-electron chi connectivity index (χ2n) is 8.59. The summed E-state index contributed by atoms with van der Waals surface area (Å²) in [7, 11) is 3.06. The number of aromatic nitrogens is 2. The highest BCUT2D eigenvalue weighted by Gasteiger charge is 2.25. The van der Waals surface area contributed by atoms with Gasteiger partial charge in [0.15, 0.2) is 11.5 Å². The number of hydrogen-bond acceptors (Lipinski definition) is 5. The van der Waals surface area contributed by atoms with Gasteiger partial charge in [-0.2, -0.15) is 0 Å². The molecule has 1 N–H and O–H groups in total. The number of amides is 1. The minimum Gasteiger partial charge on any atom is -0.493 e. The molecule has 0 saturated heterocycles. The lowest BCUT2D eigenvalue weighted by Gasteiger charge is -2.14. The number of benzene rings is 2. The Morgan fingerprint density at radius 3 is 2.58 bits per heavy atom. The second-order valence-corrected chi connectivity index (χ2v) is 8.59. The average molecular weight is 441 g/mol. The number of pyridine rings is 2. The quantitative estimate of drug-likeness (QED) is 0.421. The van der Waals surface area contributed by atoms with Crippen LogP contribution in [0.2, 0.25) is 0 Å². The summed E-state index contributed by atoms with van der Waals surface area (Å²) in [4.78, 5) is 31.8. The van der Waals surface area contributed by atoms with E-state index in [0.29, 0.717) is 39.0 Å². The molecule has 0 spiro atoms. The van der Waals surface area contributed by atoms with Gasteiger partial charge in [0.05, 0.1) is 36.2 Å². The first-order valence-electron chi connectivity index (χ1n) is 11.2. The van der Waals surface area contributed by atoms with Crippen LogP contribution in [0, 0.1) is 0 Å². The number of rotatable bonds is 4. The fraction of sp³-hybridized carbons (Fsp3) is 0.269. The van der Waals surface area contributed by atoms with E-state index in [9.17, 15) is 9.59 Å². The van der Waals surface area contributed by atoms with Crippen molar-refractivity contribution in [2.75, 3.05) is 14.2 Å². The molecule has 1 saturated carbocycles. The number of carbonyl (C=O) groups excluding carboxylic acids is 1. The van der Waals surface area contributed by atoms with Crippen molar-refractivity contribution < 1.29 is 14.3 Å². The van der Waals surface area contributed by atoms with E-state index in [-0.39, 0.29) is 17.5 Å². The Balaban J connectivity index is 1.75. The van der Waals surface area contributed by atoms with E-state index in [1.807, 2.05) is 30.3 Å². The van der Waals surface area contributed by atoms with E-state index in [1.54, 1.807) is 23.6 Å². The molecular weight excluding hydrogens is 418 g/mol. The molecule has 166 valence electrons. The smallest absolute Gasteiger partial charge is 0.270 e. The van der Waals surface area contributed by atoms with Gasteiger partial charge in [-0.15, -0.1) is 0 Å². The van der Waals surface area contributed by atoms with E-state index in [2.05, 4.69) is 5.32 Å². The lowest BCUT2D eigenvalue weighted by atomic mass is 10.1. The zero-order chi connectivity index (χ0) is 22.7. The summed E-state index contributed by atoms with van der Waals surface area (Å²) in [5.41, 5.74) is 2.21. The Bertz CT molecular complexity index is 1620. The number of methoxy groups -OCH3 is 2. The Labute approximate surface area is 189 Å². The largest absolute Gasteiger partial charge is 0.493 e. The third kappa shape index (κ3) is 2.78. The van der Waals surface area contributed by atoms with Gasteiger partial charge in [-0.25, -0.2) is 4.98 Å². The molecule has 0 unspecified atom stereocenters. The summed E-state index contributed by atoms with van der Waals surface area (Å²) >= 11 is 0. The maximum atomic E-state index is 13.8. The summed E-state index contributed by atoms with van der Waals surface area (Å²) in [6.45, 7) is 0. The maximum Gasteiger partial charge on any atom is 0.270 e. The van der Waals surface area contributed by atoms with Crippen LogP contribution >= 0.6 is 0 Å². The standard InChI is InChI=1S/C26H23N3O4/c1-32-20-12-11-16-21(24(20)33-2)26(31)29-19-10-6-5-9-15(19)17-13-18(28-22(16)23(17)29)25(30)27-14-7-3-4-8-14/h5-6,9-14H,3-4,7-8H2,1-2H3,(H,27,30). The van der Waals surface area contributed by atoms with Gasteiger partial charge in [-0.05, 0) is 37.1 Å². The van der Waals surface area contributed by atoms with Crippen molar-refractivity contribution in [3.05, 3.63) is 58.5 Å². The highest BCUT2D eigenvalue weighted by molar-refractivity contribution is 6.21. The van der Waals surface area contributed by atoms with Gasteiger partial charge in [-0.1, -0.05) is 31.0 Å². The summed E-state index contributed by atoms with van der Waals surface area (Å²) < 4.78 is 12.7. The Kier molecular flexibility index (Phi) is 4.40. The van der Waals surface area contributed by atoms with Crippen molar-refractivity contribution >= 4 is 44.0 Å². The van der Waals surface area contributed by atoms with E-state index in [4.69, 9.17) is 14.5 Å². The molecule has 6 rings (SSSR count). The predicted octanol–water partition coefficient (Wildman–Crippen LogP) is 4.28. The molecule has 0 bridgehead atoms. The number of ether oxygens (including phenoxy) is 2. The first-order valence-corrected chi connectivity index (χ1v) is 11.2. The molecule has 0 aliphatic heterocycles. The van der Waals surface area contributed by atoms with E-state index in [0.717, 1.165) is 42.0 Å². The first kappa shape index (κ1) is 19.8. The van der Waals surface area contributed by atoms with Crippen molar-refractivity contribution in [3.63, 3.8) is 0 Å². The van der Waals surface area contributed by atoms with E-state index in [1.165, 1.54) is 7.11 Å². The fourth-order valence-corrected chi connectivity index (χ4v) is 5.28. The van der Waals surface area contributed by atoms with E-state index >= 15 is 0 Å². The first-order chi connectivity index (χ1) is 16.1. The second kappa shape index (κ2) is 7.33. The fourth-order valence-electron chi connectivity index (χ4n) is 5.28. The van der Waals surface area contributed by atoms with Crippen LogP contribution in [0.5, 0.6) is 11.5 Å². The molecule has 33 heavy (non-hydrogen) atoms. The molecule has 0 atom stereocenters. The van der Waals surface area contributed by atoms with Crippen molar-refractivity contribution in [1.82, 2.24) is 14.7 Å². The number of para-hydroxylation sites is 1. The van der Waals surface area contributed by atoms with Gasteiger partial charge in [0.2, 0.25) is 0 Å². The molecule has 0 radical (unpaired) electrons. The van der Waals surface area contributed by atoms with Gasteiger partial charge in [0.25, 0.3) is 11.5 Å². The van der Waals surface area contributed by atoms with Gasteiger partial charge in [0, 0.05) is 22.2 Å². The monoisotopic (exact) mass is 441 g/mol. The lowest BCUT2D eigenvalue weighted by molar-refractivity contribution is 0.0933. The van der Waals surface area contributed by atoms with Crippen LogP contribution in [-0.4, -0.2) is 35.6 Å². The van der Waals surface area contributed by atoms with Crippen LogP contribution in [0.1, 0.15) is 36.2 Å². The molecule has 5 aromatic rings. The summed E-state index contributed by atoms with van der Waals surface area (Å²) in [6, 6.07) is 13.3. The molecule has 3 aromatic heterocycles. The van der Waals surface area contributed by atoms with Crippen molar-refractivity contribution in [3.8, 4) is 11.5 Å². The van der Waals surface area contributed by atoms with Gasteiger partial charge < -0.3 is 14.8 Å². The van der Waals surface area contributed by atoms with Crippen LogP contribution in [0.3, 0.4) is 0 Å². The number of fused-ring (bicyclic) bond motifs is 5. The van der Waals surface area contributed by atoms with Crippen molar-refractivity contribution in [1.29, 1.82) is 0 Å². The van der Waals surface area contributed by atoms with Crippen molar-refractivity contribution in [2.45, 2.75) is 31.7 Å². The summed E-state index contributed by atoms with van der Waals surface area (Å²) in [6.07, 6.45) is 4.25. The molecule has 2 aromatic carbocycles. The Hall–Kier alpha value is -3.87. The molecule has 3 heterocycles. The summed E-state index contributed by atoms with van der Waals surface area (Å²) in [5, 5.41) is 5.89. The van der Waals surface area contributed by atoms with Gasteiger partial charge in [0.1, 0.15) is 5.69 Å². The normalized spacial score (nSPS) is 14.6.